The normalized spacial score (nSPS) is 10.5. The maximum Gasteiger partial charge on any atom is 0.257 e. The van der Waals surface area contributed by atoms with Crippen LogP contribution in [0.5, 0.6) is 5.88 Å². The summed E-state index contributed by atoms with van der Waals surface area (Å²) in [5.74, 6) is -0.601. The second-order valence-electron chi connectivity index (χ2n) is 3.82. The maximum atomic E-state index is 13.1. The second-order valence-corrected chi connectivity index (χ2v) is 3.82. The maximum absolute atomic E-state index is 13.1. The van der Waals surface area contributed by atoms with Crippen LogP contribution in [0.1, 0.15) is 11.1 Å². The van der Waals surface area contributed by atoms with Gasteiger partial charge in [0.05, 0.1) is 5.56 Å². The fourth-order valence-electron chi connectivity index (χ4n) is 1.50. The molecular formula is C12H11FN2O2. The standard InChI is InChI=1S/C12H11FN2O2/c1-6-3-4-8(13)5-9(6)10-14-11(16)7(2)12(17)15-10/h3-5H,1-2H3,(H2,14,15,16,17). The molecule has 2 rings (SSSR count). The van der Waals surface area contributed by atoms with Crippen molar-refractivity contribution in [2.24, 2.45) is 0 Å². The number of nitrogens with one attached hydrogen (secondary N) is 1. The molecule has 0 spiro atoms. The molecule has 2 N–H and O–H groups in total. The fraction of sp³-hybridized carbons (Fsp3) is 0.167. The molecular weight excluding hydrogens is 223 g/mol. The van der Waals surface area contributed by atoms with Crippen LogP contribution in [-0.4, -0.2) is 15.1 Å². The Hall–Kier alpha value is -2.17. The van der Waals surface area contributed by atoms with Crippen molar-refractivity contribution in [1.29, 1.82) is 0 Å². The van der Waals surface area contributed by atoms with Crippen molar-refractivity contribution < 1.29 is 9.50 Å². The molecule has 0 unspecified atom stereocenters. The molecule has 0 aliphatic carbocycles. The molecule has 1 aromatic heterocycles. The van der Waals surface area contributed by atoms with Crippen molar-refractivity contribution in [3.63, 3.8) is 0 Å². The van der Waals surface area contributed by atoms with E-state index in [-0.39, 0.29) is 17.3 Å². The minimum atomic E-state index is -0.434. The van der Waals surface area contributed by atoms with Crippen molar-refractivity contribution >= 4 is 0 Å². The van der Waals surface area contributed by atoms with Gasteiger partial charge in [-0.3, -0.25) is 4.79 Å². The van der Waals surface area contributed by atoms with Crippen LogP contribution in [0, 0.1) is 19.7 Å². The molecule has 0 bridgehead atoms. The number of H-pyrrole nitrogens is 1. The average molecular weight is 234 g/mol. The van der Waals surface area contributed by atoms with E-state index in [9.17, 15) is 14.3 Å². The summed E-state index contributed by atoms with van der Waals surface area (Å²) in [5.41, 5.74) is 0.925. The summed E-state index contributed by atoms with van der Waals surface area (Å²) in [6, 6.07) is 4.18. The number of aryl methyl sites for hydroxylation is 1. The fourth-order valence-corrected chi connectivity index (χ4v) is 1.50. The van der Waals surface area contributed by atoms with Crippen LogP contribution in [0.2, 0.25) is 0 Å². The number of hydrogen-bond acceptors (Lipinski definition) is 3. The van der Waals surface area contributed by atoms with Gasteiger partial charge in [-0.15, -0.1) is 0 Å². The van der Waals surface area contributed by atoms with E-state index in [1.807, 2.05) is 0 Å². The Balaban J connectivity index is 2.69. The lowest BCUT2D eigenvalue weighted by Crippen LogP contribution is -2.12. The van der Waals surface area contributed by atoms with E-state index >= 15 is 0 Å². The summed E-state index contributed by atoms with van der Waals surface area (Å²) in [6.07, 6.45) is 0. The minimum Gasteiger partial charge on any atom is -0.493 e. The molecule has 88 valence electrons. The zero-order valence-corrected chi connectivity index (χ0v) is 9.41. The number of aromatic amines is 1. The van der Waals surface area contributed by atoms with E-state index in [1.54, 1.807) is 13.0 Å². The Morgan fingerprint density at radius 1 is 1.35 bits per heavy atom. The van der Waals surface area contributed by atoms with Crippen LogP contribution >= 0.6 is 0 Å². The van der Waals surface area contributed by atoms with Crippen LogP contribution in [0.3, 0.4) is 0 Å². The number of halogens is 1. The van der Waals surface area contributed by atoms with Gasteiger partial charge in [0.25, 0.3) is 5.56 Å². The summed E-state index contributed by atoms with van der Waals surface area (Å²) in [7, 11) is 0. The summed E-state index contributed by atoms with van der Waals surface area (Å²) >= 11 is 0. The van der Waals surface area contributed by atoms with Crippen LogP contribution in [0.25, 0.3) is 11.4 Å². The first kappa shape index (κ1) is 11.3. The first-order chi connectivity index (χ1) is 7.99. The lowest BCUT2D eigenvalue weighted by Gasteiger charge is -2.06. The third-order valence-corrected chi connectivity index (χ3v) is 2.58. The SMILES string of the molecule is Cc1ccc(F)cc1-c1nc(O)c(C)c(=O)[nH]1. The highest BCUT2D eigenvalue weighted by atomic mass is 19.1. The largest absolute Gasteiger partial charge is 0.493 e. The first-order valence-corrected chi connectivity index (χ1v) is 5.05. The summed E-state index contributed by atoms with van der Waals surface area (Å²) < 4.78 is 13.1. The highest BCUT2D eigenvalue weighted by molar-refractivity contribution is 5.60. The smallest absolute Gasteiger partial charge is 0.257 e. The van der Waals surface area contributed by atoms with Crippen LogP contribution in [0.15, 0.2) is 23.0 Å². The minimum absolute atomic E-state index is 0.141. The average Bonchev–Trinajstić information content (AvgIpc) is 2.28. The van der Waals surface area contributed by atoms with Crippen LogP contribution in [-0.2, 0) is 0 Å². The van der Waals surface area contributed by atoms with Gasteiger partial charge in [-0.25, -0.2) is 4.39 Å². The molecule has 2 aromatic rings. The molecule has 0 atom stereocenters. The van der Waals surface area contributed by atoms with E-state index in [0.29, 0.717) is 5.56 Å². The molecule has 1 aromatic carbocycles. The molecule has 0 fully saturated rings. The molecule has 0 aliphatic heterocycles. The highest BCUT2D eigenvalue weighted by Gasteiger charge is 2.10. The number of nitrogens with zero attached hydrogens (tertiary/aromatic N) is 1. The Morgan fingerprint density at radius 3 is 2.71 bits per heavy atom. The number of hydrogen-bond donors (Lipinski definition) is 2. The van der Waals surface area contributed by atoms with Gasteiger partial charge in [-0.1, -0.05) is 6.07 Å². The molecule has 4 nitrogen and oxygen atoms in total. The van der Waals surface area contributed by atoms with Gasteiger partial charge in [-0.05, 0) is 31.5 Å². The lowest BCUT2D eigenvalue weighted by molar-refractivity contribution is 0.447. The van der Waals surface area contributed by atoms with E-state index in [0.717, 1.165) is 5.56 Å². The van der Waals surface area contributed by atoms with E-state index < -0.39 is 11.4 Å². The predicted molar refractivity (Wildman–Crippen MR) is 61.4 cm³/mol. The van der Waals surface area contributed by atoms with Crippen molar-refractivity contribution in [2.75, 3.05) is 0 Å². The molecule has 1 heterocycles. The number of rotatable bonds is 1. The highest BCUT2D eigenvalue weighted by Crippen LogP contribution is 2.21. The van der Waals surface area contributed by atoms with Gasteiger partial charge in [0.15, 0.2) is 0 Å². The quantitative estimate of drug-likeness (QED) is 0.792. The monoisotopic (exact) mass is 234 g/mol. The van der Waals surface area contributed by atoms with Gasteiger partial charge in [0.1, 0.15) is 11.6 Å². The van der Waals surface area contributed by atoms with E-state index in [2.05, 4.69) is 9.97 Å². The van der Waals surface area contributed by atoms with E-state index in [4.69, 9.17) is 0 Å². The second kappa shape index (κ2) is 4.01. The zero-order chi connectivity index (χ0) is 12.6. The summed E-state index contributed by atoms with van der Waals surface area (Å²) in [4.78, 5) is 17.8. The molecule has 0 saturated heterocycles. The summed E-state index contributed by atoms with van der Waals surface area (Å²) in [5, 5.41) is 9.48. The Morgan fingerprint density at radius 2 is 2.06 bits per heavy atom. The van der Waals surface area contributed by atoms with Crippen molar-refractivity contribution in [3.05, 3.63) is 45.5 Å². The third kappa shape index (κ3) is 2.04. The van der Waals surface area contributed by atoms with Gasteiger partial charge in [0, 0.05) is 5.56 Å². The predicted octanol–water partition coefficient (Wildman–Crippen LogP) is 1.90. The van der Waals surface area contributed by atoms with Crippen molar-refractivity contribution in [2.45, 2.75) is 13.8 Å². The van der Waals surface area contributed by atoms with Crippen LogP contribution < -0.4 is 5.56 Å². The molecule has 0 amide bonds. The van der Waals surface area contributed by atoms with Gasteiger partial charge in [-0.2, -0.15) is 4.98 Å². The van der Waals surface area contributed by atoms with Crippen molar-refractivity contribution in [3.8, 4) is 17.3 Å². The molecule has 0 aliphatic rings. The summed E-state index contributed by atoms with van der Waals surface area (Å²) in [6.45, 7) is 3.23. The Labute approximate surface area is 96.8 Å². The van der Waals surface area contributed by atoms with Crippen molar-refractivity contribution in [1.82, 2.24) is 9.97 Å². The van der Waals surface area contributed by atoms with Gasteiger partial charge in [0.2, 0.25) is 5.88 Å². The molecule has 17 heavy (non-hydrogen) atoms. The van der Waals surface area contributed by atoms with E-state index in [1.165, 1.54) is 19.1 Å². The number of aromatic hydroxyl groups is 1. The lowest BCUT2D eigenvalue weighted by atomic mass is 10.1. The van der Waals surface area contributed by atoms with Gasteiger partial charge < -0.3 is 10.1 Å². The zero-order valence-electron chi connectivity index (χ0n) is 9.41. The molecule has 0 saturated carbocycles. The van der Waals surface area contributed by atoms with Crippen LogP contribution in [0.4, 0.5) is 4.39 Å². The Bertz CT molecular complexity index is 635. The Kier molecular flexibility index (Phi) is 2.67. The topological polar surface area (TPSA) is 66.0 Å². The molecule has 5 heteroatoms. The first-order valence-electron chi connectivity index (χ1n) is 5.05. The number of benzene rings is 1. The third-order valence-electron chi connectivity index (χ3n) is 2.58. The molecule has 0 radical (unpaired) electrons. The van der Waals surface area contributed by atoms with Gasteiger partial charge >= 0.3 is 0 Å². The number of aromatic nitrogens is 2.